The monoisotopic (exact) mass is 168 g/mol. The molecule has 1 heterocycles. The maximum Gasteiger partial charge on any atom is 0.0950 e. The Labute approximate surface area is 73.9 Å². The Balaban J connectivity index is 2.47. The van der Waals surface area contributed by atoms with Gasteiger partial charge < -0.3 is 4.74 Å². The molecule has 0 saturated carbocycles. The lowest BCUT2D eigenvalue weighted by Gasteiger charge is -2.23. The van der Waals surface area contributed by atoms with Crippen LogP contribution in [0.1, 0.15) is 20.3 Å². The molecule has 0 amide bonds. The average molecular weight is 168 g/mol. The van der Waals surface area contributed by atoms with Crippen molar-refractivity contribution in [1.29, 1.82) is 5.26 Å². The molecule has 2 atom stereocenters. The highest BCUT2D eigenvalue weighted by Gasteiger charge is 2.18. The third kappa shape index (κ3) is 2.47. The molecule has 0 radical (unpaired) electrons. The second kappa shape index (κ2) is 4.44. The van der Waals surface area contributed by atoms with E-state index in [4.69, 9.17) is 10.00 Å². The van der Waals surface area contributed by atoms with Gasteiger partial charge >= 0.3 is 0 Å². The zero-order valence-electron chi connectivity index (χ0n) is 7.79. The summed E-state index contributed by atoms with van der Waals surface area (Å²) in [6.07, 6.45) is 1.30. The topological polar surface area (TPSA) is 36.3 Å². The standard InChI is InChI=1S/C9H16N2O/c1-8(6-10)11-4-3-5-12-9(2)7-11/h8-9H,3-5,7H2,1-2H3. The molecule has 0 aliphatic carbocycles. The van der Waals surface area contributed by atoms with E-state index in [-0.39, 0.29) is 12.1 Å². The first-order valence-electron chi connectivity index (χ1n) is 4.49. The van der Waals surface area contributed by atoms with E-state index in [9.17, 15) is 0 Å². The first-order chi connectivity index (χ1) is 5.74. The quantitative estimate of drug-likeness (QED) is 0.586. The number of nitriles is 1. The molecule has 3 heteroatoms. The fourth-order valence-electron chi connectivity index (χ4n) is 1.46. The lowest BCUT2D eigenvalue weighted by atomic mass is 10.2. The molecule has 0 spiro atoms. The van der Waals surface area contributed by atoms with Gasteiger partial charge in [0, 0.05) is 19.7 Å². The Morgan fingerprint density at radius 3 is 3.08 bits per heavy atom. The van der Waals surface area contributed by atoms with Crippen molar-refractivity contribution in [2.24, 2.45) is 0 Å². The van der Waals surface area contributed by atoms with Crippen LogP contribution >= 0.6 is 0 Å². The Morgan fingerprint density at radius 2 is 2.42 bits per heavy atom. The van der Waals surface area contributed by atoms with Crippen molar-refractivity contribution in [3.8, 4) is 6.07 Å². The summed E-state index contributed by atoms with van der Waals surface area (Å²) in [5.41, 5.74) is 0. The molecule has 1 rings (SSSR count). The van der Waals surface area contributed by atoms with Crippen molar-refractivity contribution in [2.75, 3.05) is 19.7 Å². The molecule has 1 aliphatic heterocycles. The van der Waals surface area contributed by atoms with E-state index in [1.165, 1.54) is 0 Å². The van der Waals surface area contributed by atoms with E-state index < -0.39 is 0 Å². The smallest absolute Gasteiger partial charge is 0.0950 e. The van der Waals surface area contributed by atoms with Crippen LogP contribution in [-0.2, 0) is 4.74 Å². The molecule has 68 valence electrons. The number of nitrogens with zero attached hydrogens (tertiary/aromatic N) is 2. The molecule has 0 bridgehead atoms. The van der Waals surface area contributed by atoms with Crippen LogP contribution in [0.5, 0.6) is 0 Å². The maximum atomic E-state index is 8.73. The van der Waals surface area contributed by atoms with Gasteiger partial charge in [-0.15, -0.1) is 0 Å². The maximum absolute atomic E-state index is 8.73. The van der Waals surface area contributed by atoms with Crippen molar-refractivity contribution in [3.63, 3.8) is 0 Å². The lowest BCUT2D eigenvalue weighted by Crippen LogP contribution is -2.36. The Morgan fingerprint density at radius 1 is 1.67 bits per heavy atom. The summed E-state index contributed by atoms with van der Waals surface area (Å²) in [6, 6.07) is 2.28. The molecular formula is C9H16N2O. The second-order valence-corrected chi connectivity index (χ2v) is 3.33. The molecule has 1 fully saturated rings. The zero-order chi connectivity index (χ0) is 8.97. The van der Waals surface area contributed by atoms with E-state index in [0.29, 0.717) is 0 Å². The number of hydrogen-bond donors (Lipinski definition) is 0. The first-order valence-corrected chi connectivity index (χ1v) is 4.49. The molecule has 12 heavy (non-hydrogen) atoms. The third-order valence-corrected chi connectivity index (χ3v) is 2.22. The highest BCUT2D eigenvalue weighted by molar-refractivity contribution is 4.89. The second-order valence-electron chi connectivity index (χ2n) is 3.33. The van der Waals surface area contributed by atoms with Gasteiger partial charge in [0.25, 0.3) is 0 Å². The van der Waals surface area contributed by atoms with Gasteiger partial charge in [-0.2, -0.15) is 5.26 Å². The number of ether oxygens (including phenoxy) is 1. The van der Waals surface area contributed by atoms with Gasteiger partial charge in [-0.1, -0.05) is 0 Å². The highest BCUT2D eigenvalue weighted by Crippen LogP contribution is 2.08. The minimum absolute atomic E-state index is 0.0224. The molecule has 3 nitrogen and oxygen atoms in total. The minimum atomic E-state index is 0.0224. The van der Waals surface area contributed by atoms with E-state index in [1.54, 1.807) is 0 Å². The van der Waals surface area contributed by atoms with Crippen LogP contribution in [0, 0.1) is 11.3 Å². The van der Waals surface area contributed by atoms with Crippen molar-refractivity contribution in [2.45, 2.75) is 32.4 Å². The van der Waals surface area contributed by atoms with Crippen molar-refractivity contribution >= 4 is 0 Å². The SMILES string of the molecule is CC1CN(C(C)C#N)CCCO1. The van der Waals surface area contributed by atoms with E-state index in [0.717, 1.165) is 26.1 Å². The predicted octanol–water partition coefficient (Wildman–Crippen LogP) is 1.01. The summed E-state index contributed by atoms with van der Waals surface area (Å²) < 4.78 is 5.48. The predicted molar refractivity (Wildman–Crippen MR) is 46.7 cm³/mol. The Kier molecular flexibility index (Phi) is 3.51. The molecule has 2 unspecified atom stereocenters. The highest BCUT2D eigenvalue weighted by atomic mass is 16.5. The van der Waals surface area contributed by atoms with Crippen LogP contribution in [0.3, 0.4) is 0 Å². The molecule has 0 aromatic rings. The van der Waals surface area contributed by atoms with Gasteiger partial charge in [0.15, 0.2) is 0 Å². The molecule has 1 aliphatic rings. The summed E-state index contributed by atoms with van der Waals surface area (Å²) >= 11 is 0. The van der Waals surface area contributed by atoms with Gasteiger partial charge in [0.1, 0.15) is 0 Å². The fraction of sp³-hybridized carbons (Fsp3) is 0.889. The number of hydrogen-bond acceptors (Lipinski definition) is 3. The van der Waals surface area contributed by atoms with Crippen LogP contribution in [0.2, 0.25) is 0 Å². The summed E-state index contributed by atoms with van der Waals surface area (Å²) in [6.45, 7) is 6.70. The average Bonchev–Trinajstić information content (AvgIpc) is 2.28. The van der Waals surface area contributed by atoms with Crippen LogP contribution < -0.4 is 0 Å². The van der Waals surface area contributed by atoms with Gasteiger partial charge in [0.05, 0.1) is 18.2 Å². The van der Waals surface area contributed by atoms with Gasteiger partial charge in [-0.25, -0.2) is 0 Å². The first kappa shape index (κ1) is 9.50. The van der Waals surface area contributed by atoms with Gasteiger partial charge in [-0.05, 0) is 20.3 Å². The largest absolute Gasteiger partial charge is 0.377 e. The molecule has 0 N–H and O–H groups in total. The van der Waals surface area contributed by atoms with Crippen LogP contribution in [-0.4, -0.2) is 36.7 Å². The normalized spacial score (nSPS) is 28.9. The molecule has 0 aromatic heterocycles. The summed E-state index contributed by atoms with van der Waals surface area (Å²) in [5.74, 6) is 0. The van der Waals surface area contributed by atoms with Crippen LogP contribution in [0.15, 0.2) is 0 Å². The van der Waals surface area contributed by atoms with Crippen molar-refractivity contribution in [1.82, 2.24) is 4.90 Å². The van der Waals surface area contributed by atoms with E-state index in [2.05, 4.69) is 17.9 Å². The molecular weight excluding hydrogens is 152 g/mol. The van der Waals surface area contributed by atoms with Crippen molar-refractivity contribution in [3.05, 3.63) is 0 Å². The fourth-order valence-corrected chi connectivity index (χ4v) is 1.46. The van der Waals surface area contributed by atoms with Crippen LogP contribution in [0.25, 0.3) is 0 Å². The zero-order valence-corrected chi connectivity index (χ0v) is 7.79. The summed E-state index contributed by atoms with van der Waals surface area (Å²) in [4.78, 5) is 2.18. The Hall–Kier alpha value is -0.590. The van der Waals surface area contributed by atoms with E-state index >= 15 is 0 Å². The Bertz CT molecular complexity index is 176. The van der Waals surface area contributed by atoms with Gasteiger partial charge in [0.2, 0.25) is 0 Å². The minimum Gasteiger partial charge on any atom is -0.377 e. The van der Waals surface area contributed by atoms with E-state index in [1.807, 2.05) is 6.92 Å². The van der Waals surface area contributed by atoms with Crippen LogP contribution in [0.4, 0.5) is 0 Å². The van der Waals surface area contributed by atoms with Crippen molar-refractivity contribution < 1.29 is 4.74 Å². The lowest BCUT2D eigenvalue weighted by molar-refractivity contribution is 0.0654. The summed E-state index contributed by atoms with van der Waals surface area (Å²) in [5, 5.41) is 8.73. The van der Waals surface area contributed by atoms with Gasteiger partial charge in [-0.3, -0.25) is 4.90 Å². The molecule has 1 saturated heterocycles. The molecule has 0 aromatic carbocycles. The third-order valence-electron chi connectivity index (χ3n) is 2.22. The summed E-state index contributed by atoms with van der Waals surface area (Å²) in [7, 11) is 0. The number of rotatable bonds is 1.